The summed E-state index contributed by atoms with van der Waals surface area (Å²) < 4.78 is 42.1. The maximum absolute atomic E-state index is 16.1. The zero-order chi connectivity index (χ0) is 50.1. The number of carbonyl (C=O) groups is 7. The fourth-order valence-electron chi connectivity index (χ4n) is 10.4. The van der Waals surface area contributed by atoms with E-state index in [1.165, 1.54) is 39.8 Å². The minimum atomic E-state index is -2.53. The highest BCUT2D eigenvalue weighted by Crippen LogP contribution is 2.65. The van der Waals surface area contributed by atoms with Gasteiger partial charge in [-0.05, 0) is 63.5 Å². The summed E-state index contributed by atoms with van der Waals surface area (Å²) in [5.41, 5.74) is -9.22. The molecule has 0 spiro atoms. The number of esters is 5. The Morgan fingerprint density at radius 2 is 1.46 bits per heavy atom. The SMILES string of the molecule is CC(=O)O[C@@]12CO[C@@H]1C[C@H](OC(=O)CCO)[C@@]1(C)C(=O)[C@H](OC(=O)CCO)C3=C(C)[C@@H](OC(=O)[C@H](O)[C@@H](NC(=O)OC(C)(C)C)c4ccccc4)C[C@@](O)([C@@H](OC(=O)c4ccccc4)C12)C3(C)C. The number of amides is 1. The summed E-state index contributed by atoms with van der Waals surface area (Å²) in [7, 11) is 0. The molecule has 6 rings (SSSR count). The lowest BCUT2D eigenvalue weighted by Gasteiger charge is -2.67. The second-order valence-electron chi connectivity index (χ2n) is 19.5. The Kier molecular flexibility index (Phi) is 15.0. The Hall–Kier alpha value is -5.73. The summed E-state index contributed by atoms with van der Waals surface area (Å²) in [5, 5.41) is 47.8. The summed E-state index contributed by atoms with van der Waals surface area (Å²) in [5.74, 6) is -7.89. The van der Waals surface area contributed by atoms with Gasteiger partial charge in [0, 0.05) is 25.2 Å². The molecule has 1 heterocycles. The van der Waals surface area contributed by atoms with E-state index in [-0.39, 0.29) is 28.7 Å². The molecule has 5 N–H and O–H groups in total. The van der Waals surface area contributed by atoms with Crippen molar-refractivity contribution < 1.29 is 87.1 Å². The molecule has 2 bridgehead atoms. The monoisotopic (exact) mass is 951 g/mol. The van der Waals surface area contributed by atoms with Crippen molar-refractivity contribution in [3.63, 3.8) is 0 Å². The predicted octanol–water partition coefficient (Wildman–Crippen LogP) is 3.13. The van der Waals surface area contributed by atoms with E-state index in [0.29, 0.717) is 0 Å². The van der Waals surface area contributed by atoms with Crippen molar-refractivity contribution in [2.24, 2.45) is 16.7 Å². The number of ketones is 1. The van der Waals surface area contributed by atoms with Crippen LogP contribution in [0.1, 0.15) is 103 Å². The first-order valence-electron chi connectivity index (χ1n) is 22.4. The number of nitrogens with one attached hydrogen (secondary N) is 1. The third-order valence-corrected chi connectivity index (χ3v) is 13.7. The van der Waals surface area contributed by atoms with Crippen LogP contribution >= 0.6 is 0 Å². The average Bonchev–Trinajstić information content (AvgIpc) is 3.26. The van der Waals surface area contributed by atoms with Gasteiger partial charge in [0.1, 0.15) is 35.6 Å². The molecule has 3 fully saturated rings. The predicted molar refractivity (Wildman–Crippen MR) is 235 cm³/mol. The Bertz CT molecular complexity index is 2290. The van der Waals surface area contributed by atoms with Crippen LogP contribution in [-0.4, -0.2) is 135 Å². The first-order valence-corrected chi connectivity index (χ1v) is 22.4. The first kappa shape index (κ1) is 51.7. The lowest BCUT2D eigenvalue weighted by atomic mass is 9.44. The van der Waals surface area contributed by atoms with Gasteiger partial charge in [-0.25, -0.2) is 14.4 Å². The van der Waals surface area contributed by atoms with Crippen molar-refractivity contribution in [3.8, 4) is 0 Å². The molecule has 2 saturated carbocycles. The van der Waals surface area contributed by atoms with Crippen molar-refractivity contribution in [3.05, 3.63) is 82.9 Å². The molecule has 0 radical (unpaired) electrons. The zero-order valence-electron chi connectivity index (χ0n) is 39.3. The van der Waals surface area contributed by atoms with Crippen LogP contribution in [0.25, 0.3) is 0 Å². The molecule has 19 nitrogen and oxygen atoms in total. The number of hydrogen-bond acceptors (Lipinski definition) is 18. The molecular formula is C49H61NO18. The molecule has 1 unspecified atom stereocenters. The topological polar surface area (TPSA) is 277 Å². The fourth-order valence-corrected chi connectivity index (χ4v) is 10.4. The minimum Gasteiger partial charge on any atom is -0.461 e. The highest BCUT2D eigenvalue weighted by atomic mass is 16.6. The molecule has 68 heavy (non-hydrogen) atoms. The van der Waals surface area contributed by atoms with E-state index >= 15 is 4.79 Å². The molecular weight excluding hydrogens is 891 g/mol. The van der Waals surface area contributed by atoms with Gasteiger partial charge in [-0.1, -0.05) is 62.4 Å². The van der Waals surface area contributed by atoms with E-state index in [0.717, 1.165) is 6.92 Å². The Morgan fingerprint density at radius 1 is 0.868 bits per heavy atom. The van der Waals surface area contributed by atoms with E-state index in [2.05, 4.69) is 5.32 Å². The second-order valence-corrected chi connectivity index (χ2v) is 19.5. The first-order chi connectivity index (χ1) is 31.9. The molecule has 370 valence electrons. The van der Waals surface area contributed by atoms with Gasteiger partial charge in [0.05, 0.1) is 55.6 Å². The summed E-state index contributed by atoms with van der Waals surface area (Å²) in [6, 6.07) is 14.2. The Labute approximate surface area is 393 Å². The van der Waals surface area contributed by atoms with Gasteiger partial charge in [0.2, 0.25) is 0 Å². The van der Waals surface area contributed by atoms with Gasteiger partial charge in [0.15, 0.2) is 23.6 Å². The molecule has 1 saturated heterocycles. The van der Waals surface area contributed by atoms with Crippen LogP contribution < -0.4 is 5.32 Å². The number of carbonyl (C=O) groups excluding carboxylic acids is 7. The largest absolute Gasteiger partial charge is 0.461 e. The zero-order valence-corrected chi connectivity index (χ0v) is 39.3. The highest BCUT2D eigenvalue weighted by molar-refractivity contribution is 5.96. The van der Waals surface area contributed by atoms with E-state index in [1.807, 2.05) is 0 Å². The van der Waals surface area contributed by atoms with Crippen LogP contribution in [0.5, 0.6) is 0 Å². The van der Waals surface area contributed by atoms with Crippen LogP contribution in [0.15, 0.2) is 71.8 Å². The van der Waals surface area contributed by atoms with Crippen molar-refractivity contribution >= 4 is 41.7 Å². The minimum absolute atomic E-state index is 0.00257. The number of aliphatic hydroxyl groups is 4. The summed E-state index contributed by atoms with van der Waals surface area (Å²) >= 11 is 0. The smallest absolute Gasteiger partial charge is 0.408 e. The third kappa shape index (κ3) is 9.63. The van der Waals surface area contributed by atoms with Crippen LogP contribution in [0.4, 0.5) is 4.79 Å². The van der Waals surface area contributed by atoms with E-state index < -0.39 is 157 Å². The van der Waals surface area contributed by atoms with Crippen molar-refractivity contribution in [1.82, 2.24) is 5.32 Å². The molecule has 2 aromatic carbocycles. The van der Waals surface area contributed by atoms with Gasteiger partial charge in [0.25, 0.3) is 0 Å². The molecule has 1 aliphatic heterocycles. The fraction of sp³-hybridized carbons (Fsp3) is 0.571. The number of alkyl carbamates (subject to hydrolysis) is 1. The van der Waals surface area contributed by atoms with E-state index in [1.54, 1.807) is 69.3 Å². The molecule has 11 atom stereocenters. The summed E-state index contributed by atoms with van der Waals surface area (Å²) in [4.78, 5) is 98.2. The van der Waals surface area contributed by atoms with Crippen LogP contribution in [0, 0.1) is 16.7 Å². The lowest BCUT2D eigenvalue weighted by molar-refractivity contribution is -0.346. The number of benzene rings is 2. The number of ether oxygens (including phenoxy) is 7. The standard InChI is InChI=1S/C49H61NO18/c1-26-30(63-43(59)37(56)36(28-15-11-9-12-16-28)50-44(60)68-45(3,4)5)24-49(61)41(66-42(58)29-17-13-10-14-18-29)39-47(8,40(57)38(35(26)46(49,6)7)65-34(55)20-22-52)31(64-33(54)19-21-51)23-32-48(39,25-62-32)67-27(2)53/h9-18,30-32,36-39,41,51-52,56,61H,19-25H2,1-8H3,(H,50,60)/t30-,31-,32+,36-,37+,38+,39?,41-,47+,48-,49+/m0/s1. The van der Waals surface area contributed by atoms with Gasteiger partial charge >= 0.3 is 35.9 Å². The van der Waals surface area contributed by atoms with E-state index in [4.69, 9.17) is 33.2 Å². The number of hydrogen-bond donors (Lipinski definition) is 5. The van der Waals surface area contributed by atoms with Crippen molar-refractivity contribution in [2.75, 3.05) is 19.8 Å². The Balaban J connectivity index is 1.60. The maximum atomic E-state index is 16.1. The van der Waals surface area contributed by atoms with Crippen molar-refractivity contribution in [1.29, 1.82) is 0 Å². The van der Waals surface area contributed by atoms with Gasteiger partial charge in [-0.15, -0.1) is 0 Å². The molecule has 2 aromatic rings. The number of fused-ring (bicyclic) bond motifs is 5. The molecule has 19 heteroatoms. The van der Waals surface area contributed by atoms with Crippen LogP contribution in [0.2, 0.25) is 0 Å². The van der Waals surface area contributed by atoms with Crippen LogP contribution in [-0.2, 0) is 57.1 Å². The molecule has 1 amide bonds. The number of Topliss-reactive ketones (excluding diaryl/α,β-unsaturated/α-hetero) is 1. The Morgan fingerprint density at radius 3 is 2.00 bits per heavy atom. The van der Waals surface area contributed by atoms with Crippen LogP contribution in [0.3, 0.4) is 0 Å². The lowest BCUT2D eigenvalue weighted by Crippen LogP contribution is -2.82. The molecule has 4 aliphatic rings. The molecule has 0 aromatic heterocycles. The summed E-state index contributed by atoms with van der Waals surface area (Å²) in [6.45, 7) is 10.0. The third-order valence-electron chi connectivity index (χ3n) is 13.7. The summed E-state index contributed by atoms with van der Waals surface area (Å²) in [6.07, 6.45) is -13.4. The maximum Gasteiger partial charge on any atom is 0.408 e. The normalized spacial score (nSPS) is 30.3. The average molecular weight is 952 g/mol. The number of aliphatic hydroxyl groups excluding tert-OH is 3. The highest BCUT2D eigenvalue weighted by Gasteiger charge is 2.79. The van der Waals surface area contributed by atoms with Gasteiger partial charge in [-0.3, -0.25) is 19.2 Å². The van der Waals surface area contributed by atoms with Crippen molar-refractivity contribution in [2.45, 2.75) is 141 Å². The number of rotatable bonds is 14. The molecule has 3 aliphatic carbocycles. The van der Waals surface area contributed by atoms with Gasteiger partial charge < -0.3 is 58.9 Å². The second kappa shape index (κ2) is 19.7. The quantitative estimate of drug-likeness (QED) is 0.103. The van der Waals surface area contributed by atoms with Gasteiger partial charge in [-0.2, -0.15) is 0 Å². The van der Waals surface area contributed by atoms with E-state index in [9.17, 15) is 49.2 Å².